The molecular formula is C20H22N2O3. The number of carbonyl (C=O) groups excluding carboxylic acids is 1. The molecular weight excluding hydrogens is 316 g/mol. The van der Waals surface area contributed by atoms with Crippen LogP contribution in [0, 0.1) is 0 Å². The monoisotopic (exact) mass is 338 g/mol. The molecule has 2 heterocycles. The number of piperidine rings is 1. The number of rotatable bonds is 4. The molecule has 0 atom stereocenters. The van der Waals surface area contributed by atoms with E-state index in [9.17, 15) is 4.79 Å². The van der Waals surface area contributed by atoms with Crippen LogP contribution in [0.25, 0.3) is 0 Å². The highest BCUT2D eigenvalue weighted by Gasteiger charge is 2.16. The Morgan fingerprint density at radius 1 is 0.960 bits per heavy atom. The fraction of sp³-hybridized carbons (Fsp3) is 0.350. The number of hydrogen-bond donors (Lipinski definition) is 1. The summed E-state index contributed by atoms with van der Waals surface area (Å²) in [5, 5.41) is 2.96. The van der Waals surface area contributed by atoms with E-state index >= 15 is 0 Å². The Labute approximate surface area is 147 Å². The van der Waals surface area contributed by atoms with Crippen molar-refractivity contribution < 1.29 is 14.3 Å². The van der Waals surface area contributed by atoms with Crippen molar-refractivity contribution in [3.63, 3.8) is 0 Å². The zero-order valence-electron chi connectivity index (χ0n) is 14.2. The maximum absolute atomic E-state index is 12.3. The lowest BCUT2D eigenvalue weighted by molar-refractivity contribution is 0.0950. The predicted molar refractivity (Wildman–Crippen MR) is 96.2 cm³/mol. The first-order valence-electron chi connectivity index (χ1n) is 8.81. The van der Waals surface area contributed by atoms with Crippen molar-refractivity contribution >= 4 is 11.6 Å². The van der Waals surface area contributed by atoms with Gasteiger partial charge in [-0.2, -0.15) is 0 Å². The highest BCUT2D eigenvalue weighted by Crippen LogP contribution is 2.32. The topological polar surface area (TPSA) is 50.8 Å². The number of nitrogens with one attached hydrogen (secondary N) is 1. The molecule has 2 aliphatic heterocycles. The van der Waals surface area contributed by atoms with Crippen molar-refractivity contribution in [3.8, 4) is 11.5 Å². The molecule has 2 aliphatic rings. The van der Waals surface area contributed by atoms with Gasteiger partial charge in [0.25, 0.3) is 5.91 Å². The summed E-state index contributed by atoms with van der Waals surface area (Å²) in [5.41, 5.74) is 2.94. The fourth-order valence-electron chi connectivity index (χ4n) is 3.30. The van der Waals surface area contributed by atoms with Gasteiger partial charge in [-0.05, 0) is 55.2 Å². The molecule has 0 spiro atoms. The minimum Gasteiger partial charge on any atom is -0.454 e. The lowest BCUT2D eigenvalue weighted by atomic mass is 10.1. The molecule has 0 bridgehead atoms. The zero-order chi connectivity index (χ0) is 17.1. The summed E-state index contributed by atoms with van der Waals surface area (Å²) in [6.07, 6.45) is 3.88. The molecule has 0 aliphatic carbocycles. The minimum atomic E-state index is -0.113. The van der Waals surface area contributed by atoms with Gasteiger partial charge >= 0.3 is 0 Å². The van der Waals surface area contributed by atoms with E-state index in [1.54, 1.807) is 18.2 Å². The van der Waals surface area contributed by atoms with Gasteiger partial charge in [0.1, 0.15) is 0 Å². The Kier molecular flexibility index (Phi) is 4.46. The minimum absolute atomic E-state index is 0.113. The van der Waals surface area contributed by atoms with E-state index in [0.717, 1.165) is 18.7 Å². The lowest BCUT2D eigenvalue weighted by Crippen LogP contribution is -2.29. The largest absolute Gasteiger partial charge is 0.454 e. The van der Waals surface area contributed by atoms with E-state index < -0.39 is 0 Å². The van der Waals surface area contributed by atoms with E-state index in [4.69, 9.17) is 9.47 Å². The highest BCUT2D eigenvalue weighted by atomic mass is 16.7. The van der Waals surface area contributed by atoms with Crippen LogP contribution in [0.5, 0.6) is 11.5 Å². The molecule has 1 saturated heterocycles. The summed E-state index contributed by atoms with van der Waals surface area (Å²) < 4.78 is 10.6. The van der Waals surface area contributed by atoms with Crippen LogP contribution < -0.4 is 19.7 Å². The number of amides is 1. The van der Waals surface area contributed by atoms with Gasteiger partial charge in [0.05, 0.1) is 0 Å². The average molecular weight is 338 g/mol. The summed E-state index contributed by atoms with van der Waals surface area (Å²) in [6, 6.07) is 13.7. The standard InChI is InChI=1S/C20H22N2O3/c23-20(16-6-9-18-19(12-16)25-14-24-18)21-13-15-4-7-17(8-5-15)22-10-2-1-3-11-22/h4-9,12H,1-3,10-11,13-14H2,(H,21,23). The van der Waals surface area contributed by atoms with Crippen molar-refractivity contribution in [2.24, 2.45) is 0 Å². The van der Waals surface area contributed by atoms with Crippen LogP contribution in [0.1, 0.15) is 35.2 Å². The van der Waals surface area contributed by atoms with Crippen LogP contribution >= 0.6 is 0 Å². The SMILES string of the molecule is O=C(NCc1ccc(N2CCCCC2)cc1)c1ccc2c(c1)OCO2. The van der Waals surface area contributed by atoms with E-state index in [-0.39, 0.29) is 12.7 Å². The molecule has 25 heavy (non-hydrogen) atoms. The van der Waals surface area contributed by atoms with Crippen molar-refractivity contribution in [3.05, 3.63) is 53.6 Å². The van der Waals surface area contributed by atoms with Crippen molar-refractivity contribution in [1.82, 2.24) is 5.32 Å². The molecule has 2 aromatic carbocycles. The first-order chi connectivity index (χ1) is 12.3. The molecule has 1 fully saturated rings. The normalized spacial score (nSPS) is 15.9. The van der Waals surface area contributed by atoms with E-state index in [0.29, 0.717) is 23.6 Å². The van der Waals surface area contributed by atoms with Crippen LogP contribution in [0.3, 0.4) is 0 Å². The number of fused-ring (bicyclic) bond motifs is 1. The van der Waals surface area contributed by atoms with E-state index in [1.165, 1.54) is 24.9 Å². The van der Waals surface area contributed by atoms with Gasteiger partial charge in [-0.15, -0.1) is 0 Å². The van der Waals surface area contributed by atoms with Crippen molar-refractivity contribution in [2.75, 3.05) is 24.8 Å². The maximum Gasteiger partial charge on any atom is 0.251 e. The Morgan fingerprint density at radius 3 is 2.52 bits per heavy atom. The Hall–Kier alpha value is -2.69. The molecule has 130 valence electrons. The number of hydrogen-bond acceptors (Lipinski definition) is 4. The van der Waals surface area contributed by atoms with Crippen LogP contribution in [0.4, 0.5) is 5.69 Å². The number of benzene rings is 2. The fourth-order valence-corrected chi connectivity index (χ4v) is 3.30. The second-order valence-corrected chi connectivity index (χ2v) is 6.46. The summed E-state index contributed by atoms with van der Waals surface area (Å²) in [7, 11) is 0. The van der Waals surface area contributed by atoms with E-state index in [1.807, 2.05) is 0 Å². The predicted octanol–water partition coefficient (Wildman–Crippen LogP) is 3.34. The number of nitrogens with zero attached hydrogens (tertiary/aromatic N) is 1. The first-order valence-corrected chi connectivity index (χ1v) is 8.81. The van der Waals surface area contributed by atoms with Gasteiger partial charge in [0.15, 0.2) is 11.5 Å². The van der Waals surface area contributed by atoms with Crippen LogP contribution in [0.2, 0.25) is 0 Å². The zero-order valence-corrected chi connectivity index (χ0v) is 14.2. The van der Waals surface area contributed by atoms with Gasteiger partial charge < -0.3 is 19.7 Å². The van der Waals surface area contributed by atoms with Gasteiger partial charge in [-0.3, -0.25) is 4.79 Å². The Bertz CT molecular complexity index is 752. The van der Waals surface area contributed by atoms with Gasteiger partial charge in [0, 0.05) is 30.9 Å². The Balaban J connectivity index is 1.35. The molecule has 4 rings (SSSR count). The third kappa shape index (κ3) is 3.55. The number of carbonyl (C=O) groups is 1. The first kappa shape index (κ1) is 15.8. The summed E-state index contributed by atoms with van der Waals surface area (Å²) in [5.74, 6) is 1.20. The third-order valence-corrected chi connectivity index (χ3v) is 4.75. The third-order valence-electron chi connectivity index (χ3n) is 4.75. The Morgan fingerprint density at radius 2 is 1.72 bits per heavy atom. The molecule has 0 unspecified atom stereocenters. The van der Waals surface area contributed by atoms with Crippen LogP contribution in [-0.2, 0) is 6.54 Å². The lowest BCUT2D eigenvalue weighted by Gasteiger charge is -2.28. The van der Waals surface area contributed by atoms with Crippen molar-refractivity contribution in [2.45, 2.75) is 25.8 Å². The smallest absolute Gasteiger partial charge is 0.251 e. The quantitative estimate of drug-likeness (QED) is 0.929. The van der Waals surface area contributed by atoms with E-state index in [2.05, 4.69) is 34.5 Å². The summed E-state index contributed by atoms with van der Waals surface area (Å²) in [6.45, 7) is 3.00. The molecule has 0 aromatic heterocycles. The molecule has 0 radical (unpaired) electrons. The molecule has 1 amide bonds. The van der Waals surface area contributed by atoms with Crippen molar-refractivity contribution in [1.29, 1.82) is 0 Å². The second kappa shape index (κ2) is 7.05. The average Bonchev–Trinajstić information content (AvgIpc) is 3.15. The van der Waals surface area contributed by atoms with Crippen LogP contribution in [-0.4, -0.2) is 25.8 Å². The molecule has 2 aromatic rings. The van der Waals surface area contributed by atoms with Gasteiger partial charge in [-0.1, -0.05) is 12.1 Å². The number of anilines is 1. The molecule has 1 N–H and O–H groups in total. The highest BCUT2D eigenvalue weighted by molar-refractivity contribution is 5.94. The molecule has 0 saturated carbocycles. The maximum atomic E-state index is 12.3. The number of ether oxygens (including phenoxy) is 2. The summed E-state index contributed by atoms with van der Waals surface area (Å²) in [4.78, 5) is 14.7. The van der Waals surface area contributed by atoms with Gasteiger partial charge in [0.2, 0.25) is 6.79 Å². The summed E-state index contributed by atoms with van der Waals surface area (Å²) >= 11 is 0. The van der Waals surface area contributed by atoms with Gasteiger partial charge in [-0.25, -0.2) is 0 Å². The second-order valence-electron chi connectivity index (χ2n) is 6.46. The molecule has 5 nitrogen and oxygen atoms in total. The molecule has 5 heteroatoms. The van der Waals surface area contributed by atoms with Crippen LogP contribution in [0.15, 0.2) is 42.5 Å².